The van der Waals surface area contributed by atoms with Crippen LogP contribution in [-0.4, -0.2) is 37.2 Å². The lowest BCUT2D eigenvalue weighted by atomic mass is 10.2. The quantitative estimate of drug-likeness (QED) is 0.701. The highest BCUT2D eigenvalue weighted by Gasteiger charge is 2.04. The number of nitrogens with zero attached hydrogens (tertiary/aromatic N) is 3. The standard InChI is InChI=1S/C11H20N4O/c1-15(9-5-3-4-7-12)11-13-8-6-10(14-11)16-2/h6,8H,3-5,7,9,12H2,1-2H3. The first-order valence-electron chi connectivity index (χ1n) is 5.56. The molecule has 0 amide bonds. The number of hydrogen-bond acceptors (Lipinski definition) is 5. The van der Waals surface area contributed by atoms with Gasteiger partial charge in [-0.2, -0.15) is 4.98 Å². The van der Waals surface area contributed by atoms with Crippen molar-refractivity contribution in [3.05, 3.63) is 12.3 Å². The lowest BCUT2D eigenvalue weighted by Crippen LogP contribution is -2.21. The zero-order valence-electron chi connectivity index (χ0n) is 10.0. The van der Waals surface area contributed by atoms with Crippen LogP contribution in [0.25, 0.3) is 0 Å². The van der Waals surface area contributed by atoms with Gasteiger partial charge in [-0.05, 0) is 19.4 Å². The fourth-order valence-corrected chi connectivity index (χ4v) is 1.40. The molecule has 0 unspecified atom stereocenters. The van der Waals surface area contributed by atoms with E-state index in [0.717, 1.165) is 32.4 Å². The van der Waals surface area contributed by atoms with Gasteiger partial charge in [0.05, 0.1) is 7.11 Å². The lowest BCUT2D eigenvalue weighted by molar-refractivity contribution is 0.397. The third kappa shape index (κ3) is 4.02. The van der Waals surface area contributed by atoms with Crippen molar-refractivity contribution in [2.45, 2.75) is 19.3 Å². The van der Waals surface area contributed by atoms with E-state index in [1.54, 1.807) is 19.4 Å². The van der Waals surface area contributed by atoms with Crippen LogP contribution in [0.3, 0.4) is 0 Å². The van der Waals surface area contributed by atoms with Gasteiger partial charge in [0, 0.05) is 25.9 Å². The van der Waals surface area contributed by atoms with Gasteiger partial charge in [-0.15, -0.1) is 0 Å². The van der Waals surface area contributed by atoms with Crippen LogP contribution in [0.15, 0.2) is 12.3 Å². The summed E-state index contributed by atoms with van der Waals surface area (Å²) >= 11 is 0. The molecule has 90 valence electrons. The van der Waals surface area contributed by atoms with Crippen LogP contribution in [0.1, 0.15) is 19.3 Å². The summed E-state index contributed by atoms with van der Waals surface area (Å²) in [4.78, 5) is 10.5. The van der Waals surface area contributed by atoms with Crippen molar-refractivity contribution < 1.29 is 4.74 Å². The monoisotopic (exact) mass is 224 g/mol. The van der Waals surface area contributed by atoms with Gasteiger partial charge in [0.1, 0.15) is 0 Å². The molecule has 0 saturated heterocycles. The van der Waals surface area contributed by atoms with Gasteiger partial charge in [-0.25, -0.2) is 4.98 Å². The van der Waals surface area contributed by atoms with Crippen molar-refractivity contribution >= 4 is 5.95 Å². The molecule has 5 nitrogen and oxygen atoms in total. The summed E-state index contributed by atoms with van der Waals surface area (Å²) in [5, 5.41) is 0. The minimum Gasteiger partial charge on any atom is -0.481 e. The van der Waals surface area contributed by atoms with Crippen LogP contribution < -0.4 is 15.4 Å². The minimum absolute atomic E-state index is 0.596. The van der Waals surface area contributed by atoms with Gasteiger partial charge in [0.25, 0.3) is 0 Å². The van der Waals surface area contributed by atoms with Crippen LogP contribution >= 0.6 is 0 Å². The van der Waals surface area contributed by atoms with E-state index in [9.17, 15) is 0 Å². The molecule has 1 heterocycles. The van der Waals surface area contributed by atoms with E-state index in [1.165, 1.54) is 0 Å². The fourth-order valence-electron chi connectivity index (χ4n) is 1.40. The van der Waals surface area contributed by atoms with Crippen molar-refractivity contribution in [3.8, 4) is 5.88 Å². The van der Waals surface area contributed by atoms with Crippen LogP contribution in [0.2, 0.25) is 0 Å². The van der Waals surface area contributed by atoms with E-state index in [1.807, 2.05) is 11.9 Å². The normalized spacial score (nSPS) is 10.2. The maximum absolute atomic E-state index is 5.44. The average molecular weight is 224 g/mol. The van der Waals surface area contributed by atoms with Gasteiger partial charge in [-0.1, -0.05) is 6.42 Å². The molecule has 0 spiro atoms. The maximum atomic E-state index is 5.44. The summed E-state index contributed by atoms with van der Waals surface area (Å²) in [5.41, 5.74) is 5.44. The Balaban J connectivity index is 2.42. The average Bonchev–Trinajstić information content (AvgIpc) is 2.34. The number of unbranched alkanes of at least 4 members (excludes halogenated alkanes) is 2. The molecule has 0 aromatic carbocycles. The molecule has 0 aliphatic rings. The molecule has 1 aromatic heterocycles. The Kier molecular flexibility index (Phi) is 5.56. The number of anilines is 1. The summed E-state index contributed by atoms with van der Waals surface area (Å²) in [6.45, 7) is 1.70. The topological polar surface area (TPSA) is 64.3 Å². The number of nitrogens with two attached hydrogens (primary N) is 1. The summed E-state index contributed by atoms with van der Waals surface area (Å²) in [5.74, 6) is 1.30. The molecule has 16 heavy (non-hydrogen) atoms. The van der Waals surface area contributed by atoms with E-state index in [2.05, 4.69) is 9.97 Å². The van der Waals surface area contributed by atoms with Crippen LogP contribution in [0, 0.1) is 0 Å². The van der Waals surface area contributed by atoms with Crippen molar-refractivity contribution in [2.75, 3.05) is 32.1 Å². The van der Waals surface area contributed by atoms with Gasteiger partial charge in [0.2, 0.25) is 11.8 Å². The Hall–Kier alpha value is -1.36. The molecule has 0 radical (unpaired) electrons. The smallest absolute Gasteiger partial charge is 0.228 e. The van der Waals surface area contributed by atoms with Crippen LogP contribution in [0.4, 0.5) is 5.95 Å². The first-order chi connectivity index (χ1) is 7.77. The molecule has 0 aliphatic heterocycles. The Bertz CT molecular complexity index is 306. The van der Waals surface area contributed by atoms with Crippen LogP contribution in [0.5, 0.6) is 5.88 Å². The van der Waals surface area contributed by atoms with Crippen molar-refractivity contribution in [1.29, 1.82) is 0 Å². The molecule has 5 heteroatoms. The third-order valence-electron chi connectivity index (χ3n) is 2.37. The van der Waals surface area contributed by atoms with Crippen molar-refractivity contribution in [2.24, 2.45) is 5.73 Å². The molecule has 0 fully saturated rings. The van der Waals surface area contributed by atoms with E-state index in [-0.39, 0.29) is 0 Å². The summed E-state index contributed by atoms with van der Waals surface area (Å²) in [6, 6.07) is 1.74. The molecule has 0 saturated carbocycles. The number of hydrogen-bond donors (Lipinski definition) is 1. The molecule has 0 atom stereocenters. The molecule has 0 bridgehead atoms. The minimum atomic E-state index is 0.596. The van der Waals surface area contributed by atoms with Gasteiger partial charge in [-0.3, -0.25) is 0 Å². The largest absolute Gasteiger partial charge is 0.481 e. The second kappa shape index (κ2) is 7.00. The fraction of sp³-hybridized carbons (Fsp3) is 0.636. The Morgan fingerprint density at radius 2 is 2.19 bits per heavy atom. The Labute approximate surface area is 96.6 Å². The first kappa shape index (κ1) is 12.7. The van der Waals surface area contributed by atoms with Gasteiger partial charge < -0.3 is 15.4 Å². The van der Waals surface area contributed by atoms with Crippen LogP contribution in [-0.2, 0) is 0 Å². The highest BCUT2D eigenvalue weighted by atomic mass is 16.5. The third-order valence-corrected chi connectivity index (χ3v) is 2.37. The second-order valence-corrected chi connectivity index (χ2v) is 3.67. The van der Waals surface area contributed by atoms with Gasteiger partial charge in [0.15, 0.2) is 0 Å². The number of aromatic nitrogens is 2. The Morgan fingerprint density at radius 1 is 1.38 bits per heavy atom. The highest BCUT2D eigenvalue weighted by Crippen LogP contribution is 2.11. The summed E-state index contributed by atoms with van der Waals surface area (Å²) in [7, 11) is 3.59. The van der Waals surface area contributed by atoms with E-state index in [4.69, 9.17) is 10.5 Å². The number of rotatable bonds is 7. The van der Waals surface area contributed by atoms with Crippen molar-refractivity contribution in [1.82, 2.24) is 9.97 Å². The number of methoxy groups -OCH3 is 1. The summed E-state index contributed by atoms with van der Waals surface area (Å²) < 4.78 is 5.05. The van der Waals surface area contributed by atoms with E-state index >= 15 is 0 Å². The maximum Gasteiger partial charge on any atom is 0.228 e. The molecule has 1 rings (SSSR count). The molecule has 2 N–H and O–H groups in total. The van der Waals surface area contributed by atoms with Crippen molar-refractivity contribution in [3.63, 3.8) is 0 Å². The highest BCUT2D eigenvalue weighted by molar-refractivity contribution is 5.30. The predicted molar refractivity (Wildman–Crippen MR) is 64.8 cm³/mol. The predicted octanol–water partition coefficient (Wildman–Crippen LogP) is 1.05. The SMILES string of the molecule is COc1ccnc(N(C)CCCCCN)n1. The lowest BCUT2D eigenvalue weighted by Gasteiger charge is -2.16. The number of ether oxygens (including phenoxy) is 1. The van der Waals surface area contributed by atoms with E-state index in [0.29, 0.717) is 11.8 Å². The summed E-state index contributed by atoms with van der Waals surface area (Å²) in [6.07, 6.45) is 5.03. The van der Waals surface area contributed by atoms with Gasteiger partial charge >= 0.3 is 0 Å². The molecular weight excluding hydrogens is 204 g/mol. The second-order valence-electron chi connectivity index (χ2n) is 3.67. The molecular formula is C11H20N4O. The molecule has 1 aromatic rings. The first-order valence-corrected chi connectivity index (χ1v) is 5.56. The van der Waals surface area contributed by atoms with E-state index < -0.39 is 0 Å². The molecule has 0 aliphatic carbocycles. The zero-order valence-corrected chi connectivity index (χ0v) is 10.0. The Morgan fingerprint density at radius 3 is 2.88 bits per heavy atom. The zero-order chi connectivity index (χ0) is 11.8.